The van der Waals surface area contributed by atoms with Gasteiger partial charge in [-0.2, -0.15) is 10.2 Å². The van der Waals surface area contributed by atoms with Gasteiger partial charge in [0.15, 0.2) is 0 Å². The largest absolute Gasteiger partial charge is 0.463 e. The fourth-order valence-electron chi connectivity index (χ4n) is 1.27. The zero-order valence-electron chi connectivity index (χ0n) is 9.26. The minimum Gasteiger partial charge on any atom is -0.463 e. The zero-order valence-corrected chi connectivity index (χ0v) is 9.26. The summed E-state index contributed by atoms with van der Waals surface area (Å²) < 4.78 is 5.02. The second-order valence-electron chi connectivity index (χ2n) is 3.36. The van der Waals surface area contributed by atoms with Gasteiger partial charge in [0.25, 0.3) is 5.69 Å². The van der Waals surface area contributed by atoms with Crippen molar-refractivity contribution >= 4 is 18.1 Å². The third-order valence-electron chi connectivity index (χ3n) is 2.08. The van der Waals surface area contributed by atoms with E-state index in [4.69, 9.17) is 4.42 Å². The van der Waals surface area contributed by atoms with Crippen LogP contribution in [0.15, 0.2) is 57.3 Å². The van der Waals surface area contributed by atoms with Crippen molar-refractivity contribution in [3.8, 4) is 0 Å². The highest BCUT2D eigenvalue weighted by Crippen LogP contribution is 2.11. The molecule has 0 bridgehead atoms. The van der Waals surface area contributed by atoms with Gasteiger partial charge in [-0.1, -0.05) is 12.1 Å². The van der Waals surface area contributed by atoms with Crippen molar-refractivity contribution in [3.63, 3.8) is 0 Å². The molecule has 0 unspecified atom stereocenters. The second kappa shape index (κ2) is 5.53. The van der Waals surface area contributed by atoms with E-state index in [1.807, 2.05) is 0 Å². The lowest BCUT2D eigenvalue weighted by atomic mass is 10.2. The van der Waals surface area contributed by atoms with Crippen LogP contribution in [0.4, 0.5) is 5.69 Å². The molecule has 2 rings (SSSR count). The Bertz CT molecular complexity index is 588. The highest BCUT2D eigenvalue weighted by atomic mass is 16.6. The van der Waals surface area contributed by atoms with Crippen LogP contribution in [0.5, 0.6) is 0 Å². The first-order chi connectivity index (χ1) is 8.75. The molecule has 1 aromatic carbocycles. The van der Waals surface area contributed by atoms with Crippen LogP contribution in [-0.2, 0) is 0 Å². The van der Waals surface area contributed by atoms with E-state index in [1.165, 1.54) is 30.8 Å². The Morgan fingerprint density at radius 3 is 2.72 bits per heavy atom. The predicted molar refractivity (Wildman–Crippen MR) is 67.0 cm³/mol. The van der Waals surface area contributed by atoms with Gasteiger partial charge >= 0.3 is 0 Å². The first kappa shape index (κ1) is 11.7. The summed E-state index contributed by atoms with van der Waals surface area (Å²) in [5.74, 6) is 0.589. The van der Waals surface area contributed by atoms with Gasteiger partial charge in [0, 0.05) is 17.7 Å². The van der Waals surface area contributed by atoms with E-state index in [2.05, 4.69) is 10.2 Å². The summed E-state index contributed by atoms with van der Waals surface area (Å²) in [6.45, 7) is 0. The van der Waals surface area contributed by atoms with Crippen LogP contribution in [0.2, 0.25) is 0 Å². The molecule has 0 aliphatic heterocycles. The average molecular weight is 243 g/mol. The Hall–Kier alpha value is -2.76. The average Bonchev–Trinajstić information content (AvgIpc) is 2.88. The Morgan fingerprint density at radius 2 is 2.00 bits per heavy atom. The first-order valence-corrected chi connectivity index (χ1v) is 5.10. The van der Waals surface area contributed by atoms with E-state index >= 15 is 0 Å². The summed E-state index contributed by atoms with van der Waals surface area (Å²) >= 11 is 0. The van der Waals surface area contributed by atoms with Crippen molar-refractivity contribution in [2.45, 2.75) is 0 Å². The van der Waals surface area contributed by atoms with Crippen molar-refractivity contribution in [3.05, 3.63) is 64.1 Å². The number of nitro benzene ring substituents is 1. The molecule has 2 aromatic rings. The van der Waals surface area contributed by atoms with E-state index in [9.17, 15) is 10.1 Å². The number of hydrogen-bond donors (Lipinski definition) is 0. The molecule has 0 N–H and O–H groups in total. The Labute approximate surface area is 102 Å². The highest BCUT2D eigenvalue weighted by molar-refractivity contribution is 5.82. The molecule has 0 radical (unpaired) electrons. The molecule has 0 aliphatic rings. The van der Waals surface area contributed by atoms with Crippen molar-refractivity contribution in [1.29, 1.82) is 0 Å². The Morgan fingerprint density at radius 1 is 1.17 bits per heavy atom. The normalized spacial score (nSPS) is 11.3. The summed E-state index contributed by atoms with van der Waals surface area (Å²) in [4.78, 5) is 10.1. The van der Waals surface area contributed by atoms with Crippen LogP contribution in [-0.4, -0.2) is 17.4 Å². The van der Waals surface area contributed by atoms with Gasteiger partial charge in [-0.05, 0) is 12.1 Å². The van der Waals surface area contributed by atoms with Gasteiger partial charge in [-0.3, -0.25) is 10.1 Å². The molecule has 0 fully saturated rings. The molecule has 0 atom stereocenters. The molecule has 0 saturated heterocycles. The number of hydrogen-bond acceptors (Lipinski definition) is 5. The second-order valence-corrected chi connectivity index (χ2v) is 3.36. The van der Waals surface area contributed by atoms with Crippen LogP contribution in [0.1, 0.15) is 11.3 Å². The zero-order chi connectivity index (χ0) is 12.8. The van der Waals surface area contributed by atoms with Crippen LogP contribution in [0.3, 0.4) is 0 Å². The fourth-order valence-corrected chi connectivity index (χ4v) is 1.27. The van der Waals surface area contributed by atoms with Crippen molar-refractivity contribution < 1.29 is 9.34 Å². The highest BCUT2D eigenvalue weighted by Gasteiger charge is 2.03. The molecule has 0 amide bonds. The van der Waals surface area contributed by atoms with Crippen LogP contribution in [0.25, 0.3) is 0 Å². The summed E-state index contributed by atoms with van der Waals surface area (Å²) in [6, 6.07) is 9.63. The standard InChI is InChI=1S/C12H9N3O3/c16-15(17)11-4-1-3-10(7-11)8-13-14-9-12-5-2-6-18-12/h1-9H/b13-8?,14-9+. The number of furan rings is 1. The monoisotopic (exact) mass is 243 g/mol. The van der Waals surface area contributed by atoms with Crippen LogP contribution >= 0.6 is 0 Å². The molecule has 1 aromatic heterocycles. The molecular weight excluding hydrogens is 234 g/mol. The van der Waals surface area contributed by atoms with Crippen LogP contribution in [0, 0.1) is 10.1 Å². The molecule has 0 saturated carbocycles. The predicted octanol–water partition coefficient (Wildman–Crippen LogP) is 2.64. The van der Waals surface area contributed by atoms with Crippen LogP contribution < -0.4 is 0 Å². The molecule has 1 heterocycles. The first-order valence-electron chi connectivity index (χ1n) is 5.10. The van der Waals surface area contributed by atoms with Crippen molar-refractivity contribution in [1.82, 2.24) is 0 Å². The SMILES string of the molecule is O=[N+]([O-])c1cccc(C=N/N=C/c2ccco2)c1. The quantitative estimate of drug-likeness (QED) is 0.470. The van der Waals surface area contributed by atoms with Gasteiger partial charge < -0.3 is 4.42 Å². The number of non-ortho nitro benzene ring substituents is 1. The van der Waals surface area contributed by atoms with E-state index in [-0.39, 0.29) is 5.69 Å². The fraction of sp³-hybridized carbons (Fsp3) is 0. The van der Waals surface area contributed by atoms with Gasteiger partial charge in [0.1, 0.15) is 5.76 Å². The maximum absolute atomic E-state index is 10.6. The Balaban J connectivity index is 2.05. The summed E-state index contributed by atoms with van der Waals surface area (Å²) in [7, 11) is 0. The lowest BCUT2D eigenvalue weighted by Gasteiger charge is -1.92. The summed E-state index contributed by atoms with van der Waals surface area (Å²) in [6.07, 6.45) is 4.42. The maximum atomic E-state index is 10.6. The molecule has 6 heteroatoms. The van der Waals surface area contributed by atoms with Gasteiger partial charge in [0.2, 0.25) is 0 Å². The van der Waals surface area contributed by atoms with E-state index < -0.39 is 4.92 Å². The number of benzene rings is 1. The Kier molecular flexibility index (Phi) is 3.60. The molecule has 0 spiro atoms. The molecule has 0 aliphatic carbocycles. The number of rotatable bonds is 4. The van der Waals surface area contributed by atoms with Crippen molar-refractivity contribution in [2.75, 3.05) is 0 Å². The van der Waals surface area contributed by atoms with Crippen molar-refractivity contribution in [2.24, 2.45) is 10.2 Å². The van der Waals surface area contributed by atoms with E-state index in [0.29, 0.717) is 11.3 Å². The van der Waals surface area contributed by atoms with Gasteiger partial charge in [-0.15, -0.1) is 0 Å². The number of nitro groups is 1. The lowest BCUT2D eigenvalue weighted by molar-refractivity contribution is -0.384. The smallest absolute Gasteiger partial charge is 0.270 e. The maximum Gasteiger partial charge on any atom is 0.270 e. The van der Waals surface area contributed by atoms with Gasteiger partial charge in [-0.25, -0.2) is 0 Å². The van der Waals surface area contributed by atoms with E-state index in [1.54, 1.807) is 24.3 Å². The topological polar surface area (TPSA) is 81.0 Å². The lowest BCUT2D eigenvalue weighted by Crippen LogP contribution is -1.89. The molecule has 6 nitrogen and oxygen atoms in total. The molecule has 90 valence electrons. The van der Waals surface area contributed by atoms with Gasteiger partial charge in [0.05, 0.1) is 23.6 Å². The molecular formula is C12H9N3O3. The minimum atomic E-state index is -0.455. The third-order valence-corrected chi connectivity index (χ3v) is 2.08. The minimum absolute atomic E-state index is 0.0222. The van der Waals surface area contributed by atoms with E-state index in [0.717, 1.165) is 0 Å². The third kappa shape index (κ3) is 3.11. The summed E-state index contributed by atoms with van der Waals surface area (Å²) in [5.41, 5.74) is 0.634. The molecule has 18 heavy (non-hydrogen) atoms. The number of nitrogens with zero attached hydrogens (tertiary/aromatic N) is 3. The summed E-state index contributed by atoms with van der Waals surface area (Å²) in [5, 5.41) is 18.1.